The molecule has 3 unspecified atom stereocenters. The predicted octanol–water partition coefficient (Wildman–Crippen LogP) is 13.5. The van der Waals surface area contributed by atoms with Crippen molar-refractivity contribution in [3.63, 3.8) is 0 Å². The van der Waals surface area contributed by atoms with E-state index in [2.05, 4.69) is 167 Å². The molecular weight excluding hydrogens is 591 g/mol. The van der Waals surface area contributed by atoms with Gasteiger partial charge in [-0.1, -0.05) is 132 Å². The number of fused-ring (bicyclic) bond motifs is 6. The van der Waals surface area contributed by atoms with Gasteiger partial charge < -0.3 is 4.90 Å². The predicted molar refractivity (Wildman–Crippen MR) is 209 cm³/mol. The van der Waals surface area contributed by atoms with Crippen molar-refractivity contribution in [2.75, 3.05) is 4.90 Å². The number of hydrogen-bond acceptors (Lipinski definition) is 1. The van der Waals surface area contributed by atoms with Crippen LogP contribution in [0.15, 0.2) is 127 Å². The van der Waals surface area contributed by atoms with Crippen molar-refractivity contribution in [2.45, 2.75) is 77.0 Å². The molecule has 0 heterocycles. The lowest BCUT2D eigenvalue weighted by molar-refractivity contribution is 0.420. The molecule has 1 nitrogen and oxygen atoms in total. The number of rotatable bonds is 5. The smallest absolute Gasteiger partial charge is 0.0546 e. The summed E-state index contributed by atoms with van der Waals surface area (Å²) < 4.78 is 0. The van der Waals surface area contributed by atoms with E-state index in [1.165, 1.54) is 98.0 Å². The standard InChI is InChI=1S/C48H47N/c1-47(2,3)43-19-10-8-18-39(43)42-28-32-13-6-7-14-33(32)29-46(42)49(36-16-12-15-34(27-36)41-26-31-21-22-35(41)25-31)37-23-24-40-38-17-9-11-20-44(38)48(4,5)45(40)30-37/h6-20,23-24,27-31,35,41H,21-22,25-26H2,1-5H3. The van der Waals surface area contributed by atoms with E-state index >= 15 is 0 Å². The molecule has 49 heavy (non-hydrogen) atoms. The van der Waals surface area contributed by atoms with Crippen LogP contribution in [0.3, 0.4) is 0 Å². The molecule has 0 amide bonds. The van der Waals surface area contributed by atoms with Crippen LogP contribution in [0.4, 0.5) is 17.1 Å². The third-order valence-electron chi connectivity index (χ3n) is 12.3. The van der Waals surface area contributed by atoms with Crippen LogP contribution in [0.2, 0.25) is 0 Å². The van der Waals surface area contributed by atoms with Crippen molar-refractivity contribution in [3.05, 3.63) is 150 Å². The maximum atomic E-state index is 2.58. The SMILES string of the molecule is CC(C)(C)c1ccccc1-c1cc2ccccc2cc1N(c1cccc(C2CC3CCC2C3)c1)c1ccc2c(c1)C(C)(C)c1ccccc1-2. The summed E-state index contributed by atoms with van der Waals surface area (Å²) >= 11 is 0. The van der Waals surface area contributed by atoms with Crippen molar-refractivity contribution in [3.8, 4) is 22.3 Å². The largest absolute Gasteiger partial charge is 0.310 e. The lowest BCUT2D eigenvalue weighted by Gasteiger charge is -2.32. The van der Waals surface area contributed by atoms with Crippen molar-refractivity contribution in [2.24, 2.45) is 11.8 Å². The minimum Gasteiger partial charge on any atom is -0.310 e. The van der Waals surface area contributed by atoms with Crippen molar-refractivity contribution in [1.29, 1.82) is 0 Å². The van der Waals surface area contributed by atoms with Gasteiger partial charge in [0.15, 0.2) is 0 Å². The van der Waals surface area contributed by atoms with Crippen molar-refractivity contribution in [1.82, 2.24) is 0 Å². The molecule has 9 rings (SSSR count). The van der Waals surface area contributed by atoms with Gasteiger partial charge in [0.2, 0.25) is 0 Å². The van der Waals surface area contributed by atoms with E-state index in [1.54, 1.807) is 0 Å². The van der Waals surface area contributed by atoms with E-state index in [4.69, 9.17) is 0 Å². The zero-order valence-corrected chi connectivity index (χ0v) is 29.6. The van der Waals surface area contributed by atoms with Crippen molar-refractivity contribution >= 4 is 27.8 Å². The molecule has 1 heteroatoms. The van der Waals surface area contributed by atoms with E-state index in [9.17, 15) is 0 Å². The lowest BCUT2D eigenvalue weighted by atomic mass is 9.81. The lowest BCUT2D eigenvalue weighted by Crippen LogP contribution is -2.18. The van der Waals surface area contributed by atoms with E-state index in [1.807, 2.05) is 0 Å². The Hall–Kier alpha value is -4.62. The first kappa shape index (κ1) is 30.4. The molecule has 2 bridgehead atoms. The molecule has 0 N–H and O–H groups in total. The zero-order chi connectivity index (χ0) is 33.5. The second-order valence-corrected chi connectivity index (χ2v) is 16.6. The van der Waals surface area contributed by atoms with Crippen LogP contribution in [0.5, 0.6) is 0 Å². The average molecular weight is 638 g/mol. The fraction of sp³-hybridized carbons (Fsp3) is 0.292. The third kappa shape index (κ3) is 4.96. The molecule has 2 fully saturated rings. The first-order chi connectivity index (χ1) is 23.7. The molecule has 3 aliphatic carbocycles. The molecule has 6 aromatic carbocycles. The van der Waals surface area contributed by atoms with Gasteiger partial charge in [0.1, 0.15) is 0 Å². The summed E-state index contributed by atoms with van der Waals surface area (Å²) in [5.74, 6) is 2.42. The van der Waals surface area contributed by atoms with Crippen LogP contribution < -0.4 is 4.90 Å². The Morgan fingerprint density at radius 2 is 1.27 bits per heavy atom. The molecule has 0 spiro atoms. The van der Waals surface area contributed by atoms with E-state index in [0.717, 1.165) is 11.8 Å². The summed E-state index contributed by atoms with van der Waals surface area (Å²) in [5.41, 5.74) is 14.6. The summed E-state index contributed by atoms with van der Waals surface area (Å²) in [6.45, 7) is 11.8. The Morgan fingerprint density at radius 1 is 0.571 bits per heavy atom. The Morgan fingerprint density at radius 3 is 2.02 bits per heavy atom. The Kier molecular flexibility index (Phi) is 6.96. The molecule has 6 aromatic rings. The highest BCUT2D eigenvalue weighted by molar-refractivity contribution is 5.99. The highest BCUT2D eigenvalue weighted by atomic mass is 15.1. The Bertz CT molecular complexity index is 2230. The van der Waals surface area contributed by atoms with Gasteiger partial charge in [0, 0.05) is 22.4 Å². The molecular formula is C48H47N. The topological polar surface area (TPSA) is 3.24 Å². The normalized spacial score (nSPS) is 20.4. The van der Waals surface area contributed by atoms with E-state index in [0.29, 0.717) is 5.92 Å². The van der Waals surface area contributed by atoms with Gasteiger partial charge in [-0.05, 0) is 129 Å². The Balaban J connectivity index is 1.31. The maximum absolute atomic E-state index is 2.58. The van der Waals surface area contributed by atoms with Gasteiger partial charge in [0.25, 0.3) is 0 Å². The maximum Gasteiger partial charge on any atom is 0.0546 e. The summed E-state index contributed by atoms with van der Waals surface area (Å²) in [4.78, 5) is 2.58. The second kappa shape index (κ2) is 11.2. The Labute approximate surface area is 292 Å². The quantitative estimate of drug-likeness (QED) is 0.182. The van der Waals surface area contributed by atoms with Gasteiger partial charge in [-0.2, -0.15) is 0 Å². The van der Waals surface area contributed by atoms with Crippen LogP contribution in [0, 0.1) is 11.8 Å². The van der Waals surface area contributed by atoms with Crippen LogP contribution >= 0.6 is 0 Å². The molecule has 0 saturated heterocycles. The van der Waals surface area contributed by atoms with Crippen LogP contribution in [0.1, 0.15) is 88.5 Å². The molecule has 0 aliphatic heterocycles. The summed E-state index contributed by atoms with van der Waals surface area (Å²) in [6.07, 6.45) is 5.58. The average Bonchev–Trinajstić information content (AvgIpc) is 3.81. The minimum absolute atomic E-state index is 0.00455. The van der Waals surface area contributed by atoms with Gasteiger partial charge in [-0.15, -0.1) is 0 Å². The second-order valence-electron chi connectivity index (χ2n) is 16.6. The molecule has 3 atom stereocenters. The molecule has 244 valence electrons. The first-order valence-electron chi connectivity index (χ1n) is 18.4. The third-order valence-corrected chi connectivity index (χ3v) is 12.3. The van der Waals surface area contributed by atoms with Gasteiger partial charge >= 0.3 is 0 Å². The number of benzene rings is 6. The fourth-order valence-electron chi connectivity index (χ4n) is 9.81. The first-order valence-corrected chi connectivity index (χ1v) is 18.4. The summed E-state index contributed by atoms with van der Waals surface area (Å²) in [5, 5.41) is 2.53. The van der Waals surface area contributed by atoms with Gasteiger partial charge in [-0.25, -0.2) is 0 Å². The van der Waals surface area contributed by atoms with Crippen LogP contribution in [-0.4, -0.2) is 0 Å². The number of anilines is 3. The number of nitrogens with zero attached hydrogens (tertiary/aromatic N) is 1. The van der Waals surface area contributed by atoms with E-state index in [-0.39, 0.29) is 10.8 Å². The van der Waals surface area contributed by atoms with Crippen molar-refractivity contribution < 1.29 is 0 Å². The highest BCUT2D eigenvalue weighted by Crippen LogP contribution is 2.55. The minimum atomic E-state index is -0.0798. The summed E-state index contributed by atoms with van der Waals surface area (Å²) in [6, 6.07) is 48.6. The molecule has 0 radical (unpaired) electrons. The molecule has 3 aliphatic rings. The van der Waals surface area contributed by atoms with Gasteiger partial charge in [0.05, 0.1) is 5.69 Å². The monoisotopic (exact) mass is 637 g/mol. The zero-order valence-electron chi connectivity index (χ0n) is 29.6. The highest BCUT2D eigenvalue weighted by Gasteiger charge is 2.40. The molecule has 0 aromatic heterocycles. The van der Waals surface area contributed by atoms with Crippen LogP contribution in [0.25, 0.3) is 33.0 Å². The summed E-state index contributed by atoms with van der Waals surface area (Å²) in [7, 11) is 0. The van der Waals surface area contributed by atoms with Gasteiger partial charge in [-0.3, -0.25) is 0 Å². The van der Waals surface area contributed by atoms with Crippen LogP contribution in [-0.2, 0) is 10.8 Å². The molecule has 2 saturated carbocycles. The number of hydrogen-bond donors (Lipinski definition) is 0. The fourth-order valence-corrected chi connectivity index (χ4v) is 9.81. The van der Waals surface area contributed by atoms with E-state index < -0.39 is 0 Å².